The summed E-state index contributed by atoms with van der Waals surface area (Å²) >= 11 is 0. The van der Waals surface area contributed by atoms with Crippen LogP contribution in [0.3, 0.4) is 0 Å². The van der Waals surface area contributed by atoms with Crippen LogP contribution in [0.5, 0.6) is 0 Å². The van der Waals surface area contributed by atoms with Crippen molar-refractivity contribution in [3.63, 3.8) is 0 Å². The SMILES string of the molecule is CCCc1nc2ccccc(=O)c2n1Cc1ccc(-c2ccccc2-c2nnnn2C(C)(C)C)cc1. The van der Waals surface area contributed by atoms with E-state index in [0.29, 0.717) is 12.1 Å². The summed E-state index contributed by atoms with van der Waals surface area (Å²) < 4.78 is 3.93. The molecule has 0 bridgehead atoms. The van der Waals surface area contributed by atoms with Crippen molar-refractivity contribution in [2.45, 2.75) is 52.6 Å². The Bertz CT molecular complexity index is 1570. The van der Waals surface area contributed by atoms with Crippen LogP contribution in [0.25, 0.3) is 33.5 Å². The molecule has 0 saturated carbocycles. The molecule has 0 spiro atoms. The monoisotopic (exact) mass is 478 g/mol. The van der Waals surface area contributed by atoms with Gasteiger partial charge in [-0.2, -0.15) is 0 Å². The van der Waals surface area contributed by atoms with Gasteiger partial charge in [0.05, 0.1) is 11.1 Å². The lowest BCUT2D eigenvalue weighted by Crippen LogP contribution is -2.24. The van der Waals surface area contributed by atoms with Crippen molar-refractivity contribution in [1.29, 1.82) is 0 Å². The lowest BCUT2D eigenvalue weighted by molar-refractivity contribution is 0.351. The molecule has 0 N–H and O–H groups in total. The molecule has 0 unspecified atom stereocenters. The molecule has 3 aromatic carbocycles. The van der Waals surface area contributed by atoms with E-state index in [0.717, 1.165) is 52.3 Å². The van der Waals surface area contributed by atoms with E-state index in [9.17, 15) is 4.79 Å². The van der Waals surface area contributed by atoms with Crippen LogP contribution in [0.4, 0.5) is 0 Å². The molecule has 0 aliphatic heterocycles. The molecule has 7 nitrogen and oxygen atoms in total. The zero-order chi connectivity index (χ0) is 25.3. The van der Waals surface area contributed by atoms with Gasteiger partial charge in [0.15, 0.2) is 5.82 Å². The first-order chi connectivity index (χ1) is 17.4. The van der Waals surface area contributed by atoms with E-state index in [4.69, 9.17) is 4.98 Å². The number of hydrogen-bond acceptors (Lipinski definition) is 5. The summed E-state index contributed by atoms with van der Waals surface area (Å²) in [5.41, 5.74) is 5.40. The molecular formula is C29H30N6O. The summed E-state index contributed by atoms with van der Waals surface area (Å²) in [6.45, 7) is 8.98. The first-order valence-electron chi connectivity index (χ1n) is 12.3. The largest absolute Gasteiger partial charge is 0.320 e. The zero-order valence-electron chi connectivity index (χ0n) is 21.1. The molecule has 0 aliphatic carbocycles. The van der Waals surface area contributed by atoms with Gasteiger partial charge in [0.2, 0.25) is 5.43 Å². The third-order valence-electron chi connectivity index (χ3n) is 6.27. The van der Waals surface area contributed by atoms with Gasteiger partial charge in [0, 0.05) is 18.5 Å². The Balaban J connectivity index is 1.53. The van der Waals surface area contributed by atoms with Gasteiger partial charge < -0.3 is 4.57 Å². The van der Waals surface area contributed by atoms with Gasteiger partial charge in [-0.1, -0.05) is 67.6 Å². The van der Waals surface area contributed by atoms with Crippen LogP contribution in [0.2, 0.25) is 0 Å². The van der Waals surface area contributed by atoms with Crippen LogP contribution in [0, 0.1) is 0 Å². The fourth-order valence-electron chi connectivity index (χ4n) is 4.56. The second-order valence-electron chi connectivity index (χ2n) is 10.0. The Hall–Kier alpha value is -4.13. The van der Waals surface area contributed by atoms with Crippen LogP contribution in [-0.2, 0) is 18.5 Å². The molecule has 5 rings (SSSR count). The van der Waals surface area contributed by atoms with E-state index in [2.05, 4.69) is 84.2 Å². The van der Waals surface area contributed by atoms with Crippen molar-refractivity contribution in [2.24, 2.45) is 0 Å². The van der Waals surface area contributed by atoms with Crippen molar-refractivity contribution in [3.8, 4) is 22.5 Å². The molecule has 0 fully saturated rings. The number of benzene rings is 2. The van der Waals surface area contributed by atoms with Crippen LogP contribution in [0.15, 0.2) is 77.6 Å². The maximum absolute atomic E-state index is 12.8. The van der Waals surface area contributed by atoms with E-state index in [1.165, 1.54) is 0 Å². The second kappa shape index (κ2) is 9.49. The van der Waals surface area contributed by atoms with Gasteiger partial charge in [-0.25, -0.2) is 9.67 Å². The van der Waals surface area contributed by atoms with E-state index in [-0.39, 0.29) is 11.0 Å². The lowest BCUT2D eigenvalue weighted by atomic mass is 9.97. The van der Waals surface area contributed by atoms with Crippen molar-refractivity contribution in [1.82, 2.24) is 29.8 Å². The highest BCUT2D eigenvalue weighted by Gasteiger charge is 2.22. The zero-order valence-corrected chi connectivity index (χ0v) is 21.1. The molecule has 0 amide bonds. The molecule has 0 atom stereocenters. The average molecular weight is 479 g/mol. The maximum Gasteiger partial charge on any atom is 0.204 e. The van der Waals surface area contributed by atoms with Gasteiger partial charge in [0.1, 0.15) is 11.3 Å². The minimum absolute atomic E-state index is 0.00744. The first kappa shape index (κ1) is 23.6. The number of imidazole rings is 1. The summed E-state index contributed by atoms with van der Waals surface area (Å²) in [6, 6.07) is 23.8. The van der Waals surface area contributed by atoms with Gasteiger partial charge in [-0.3, -0.25) is 4.79 Å². The number of aromatic nitrogens is 6. The van der Waals surface area contributed by atoms with E-state index < -0.39 is 0 Å². The van der Waals surface area contributed by atoms with Crippen LogP contribution < -0.4 is 5.43 Å². The molecular weight excluding hydrogens is 448 g/mol. The summed E-state index contributed by atoms with van der Waals surface area (Å²) in [4.78, 5) is 17.6. The van der Waals surface area contributed by atoms with Gasteiger partial charge >= 0.3 is 0 Å². The van der Waals surface area contributed by atoms with Crippen molar-refractivity contribution < 1.29 is 0 Å². The predicted molar refractivity (Wildman–Crippen MR) is 143 cm³/mol. The van der Waals surface area contributed by atoms with Crippen LogP contribution in [-0.4, -0.2) is 29.8 Å². The molecule has 2 heterocycles. The summed E-state index contributed by atoms with van der Waals surface area (Å²) in [7, 11) is 0. The highest BCUT2D eigenvalue weighted by Crippen LogP contribution is 2.32. The summed E-state index contributed by atoms with van der Waals surface area (Å²) in [6.07, 6.45) is 1.79. The van der Waals surface area contributed by atoms with E-state index >= 15 is 0 Å². The molecule has 0 radical (unpaired) electrons. The number of tetrazole rings is 1. The first-order valence-corrected chi connectivity index (χ1v) is 12.3. The van der Waals surface area contributed by atoms with Crippen LogP contribution in [0.1, 0.15) is 45.5 Å². The fourth-order valence-corrected chi connectivity index (χ4v) is 4.56. The quantitative estimate of drug-likeness (QED) is 0.323. The standard InChI is InChI=1S/C29H30N6O/c1-5-10-26-30-24-13-8-9-14-25(36)27(24)34(26)19-20-15-17-21(18-16-20)22-11-6-7-12-23(22)28-31-32-33-35(28)29(2,3)4/h6-9,11-18H,5,10,19H2,1-4H3. The van der Waals surface area contributed by atoms with Gasteiger partial charge in [-0.05, 0) is 66.4 Å². The normalized spacial score (nSPS) is 11.8. The van der Waals surface area contributed by atoms with Crippen molar-refractivity contribution >= 4 is 11.0 Å². The Morgan fingerprint density at radius 3 is 2.28 bits per heavy atom. The molecule has 0 aliphatic rings. The minimum Gasteiger partial charge on any atom is -0.320 e. The third-order valence-corrected chi connectivity index (χ3v) is 6.27. The molecule has 36 heavy (non-hydrogen) atoms. The van der Waals surface area contributed by atoms with Gasteiger partial charge in [-0.15, -0.1) is 5.10 Å². The highest BCUT2D eigenvalue weighted by atomic mass is 16.1. The third kappa shape index (κ3) is 4.44. The van der Waals surface area contributed by atoms with Crippen molar-refractivity contribution in [2.75, 3.05) is 0 Å². The van der Waals surface area contributed by atoms with Crippen LogP contribution >= 0.6 is 0 Å². The number of nitrogens with zero attached hydrogens (tertiary/aromatic N) is 6. The molecule has 7 heteroatoms. The van der Waals surface area contributed by atoms with Gasteiger partial charge in [0.25, 0.3) is 0 Å². The molecule has 0 saturated heterocycles. The maximum atomic E-state index is 12.8. The average Bonchev–Trinajstić information content (AvgIpc) is 3.44. The number of aryl methyl sites for hydroxylation is 1. The smallest absolute Gasteiger partial charge is 0.204 e. The summed E-state index contributed by atoms with van der Waals surface area (Å²) in [5.74, 6) is 1.69. The second-order valence-corrected chi connectivity index (χ2v) is 10.0. The Kier molecular flexibility index (Phi) is 6.22. The molecule has 2 aromatic heterocycles. The van der Waals surface area contributed by atoms with E-state index in [1.807, 2.05) is 28.9 Å². The number of rotatable bonds is 6. The number of hydrogen-bond donors (Lipinski definition) is 0. The summed E-state index contributed by atoms with van der Waals surface area (Å²) in [5, 5.41) is 12.5. The Morgan fingerprint density at radius 2 is 1.56 bits per heavy atom. The number of fused-ring (bicyclic) bond motifs is 1. The van der Waals surface area contributed by atoms with Crippen molar-refractivity contribution in [3.05, 3.63) is 94.4 Å². The lowest BCUT2D eigenvalue weighted by Gasteiger charge is -2.21. The minimum atomic E-state index is -0.239. The molecule has 182 valence electrons. The Morgan fingerprint density at radius 1 is 0.861 bits per heavy atom. The molecule has 5 aromatic rings. The van der Waals surface area contributed by atoms with E-state index in [1.54, 1.807) is 12.1 Å². The topological polar surface area (TPSA) is 78.5 Å². The highest BCUT2D eigenvalue weighted by molar-refractivity contribution is 5.80. The fraction of sp³-hybridized carbons (Fsp3) is 0.276. The Labute approximate surface area is 210 Å². The predicted octanol–water partition coefficient (Wildman–Crippen LogP) is 5.47.